The van der Waals surface area contributed by atoms with Crippen LogP contribution in [0.4, 0.5) is 5.69 Å². The molecular formula is C7H8BrNO3S. The number of nitrogens with two attached hydrogens (primary N) is 1. The van der Waals surface area contributed by atoms with Gasteiger partial charge in [-0.1, -0.05) is 0 Å². The molecule has 3 N–H and O–H groups in total. The third-order valence-corrected chi connectivity index (χ3v) is 2.69. The Morgan fingerprint density at radius 2 is 2.08 bits per heavy atom. The monoisotopic (exact) mass is 265 g/mol. The Morgan fingerprint density at radius 3 is 2.54 bits per heavy atom. The van der Waals surface area contributed by atoms with Crippen LogP contribution in [0, 0.1) is 0 Å². The molecule has 1 rings (SSSR count). The van der Waals surface area contributed by atoms with Crippen LogP contribution in [0.15, 0.2) is 16.6 Å². The molecule has 1 aromatic carbocycles. The zero-order valence-electron chi connectivity index (χ0n) is 6.53. The first-order chi connectivity index (χ1) is 6.00. The average Bonchev–Trinajstić information content (AvgIpc) is 1.98. The van der Waals surface area contributed by atoms with Crippen molar-refractivity contribution in [1.82, 2.24) is 0 Å². The van der Waals surface area contributed by atoms with Gasteiger partial charge in [0.2, 0.25) is 0 Å². The van der Waals surface area contributed by atoms with Crippen LogP contribution >= 0.6 is 15.9 Å². The molecule has 0 spiro atoms. The Balaban J connectivity index is 3.13. The van der Waals surface area contributed by atoms with E-state index < -0.39 is 10.7 Å². The molecule has 1 aromatic rings. The molecule has 4 nitrogen and oxygen atoms in total. The topological polar surface area (TPSA) is 80.4 Å². The predicted octanol–water partition coefficient (Wildman–Crippen LogP) is 0.848. The average molecular weight is 266 g/mol. The van der Waals surface area contributed by atoms with Crippen molar-refractivity contribution in [3.05, 3.63) is 22.2 Å². The van der Waals surface area contributed by atoms with Crippen molar-refractivity contribution in [2.45, 2.75) is 5.75 Å². The molecule has 0 aliphatic rings. The zero-order chi connectivity index (χ0) is 10.0. The number of aromatic hydroxyl groups is 1. The molecule has 72 valence electrons. The standard InChI is InChI=1S/C7H8BrNO3S/c8-5-1-4(3-13(11)12)2-6(9)7(5)10/h1-2,10,13H,3,9H2. The summed E-state index contributed by atoms with van der Waals surface area (Å²) in [5, 5.41) is 9.24. The smallest absolute Gasteiger partial charge is 0.152 e. The van der Waals surface area contributed by atoms with Gasteiger partial charge in [-0.25, -0.2) is 8.42 Å². The van der Waals surface area contributed by atoms with Crippen LogP contribution in [0.25, 0.3) is 0 Å². The van der Waals surface area contributed by atoms with Crippen LogP contribution in [0.5, 0.6) is 5.75 Å². The lowest BCUT2D eigenvalue weighted by molar-refractivity contribution is 0.474. The maximum absolute atomic E-state index is 10.4. The molecule has 0 aromatic heterocycles. The van der Waals surface area contributed by atoms with E-state index in [2.05, 4.69) is 15.9 Å². The van der Waals surface area contributed by atoms with Gasteiger partial charge in [0.05, 0.1) is 15.9 Å². The van der Waals surface area contributed by atoms with Gasteiger partial charge in [-0.2, -0.15) is 0 Å². The largest absolute Gasteiger partial charge is 0.505 e. The molecule has 6 heteroatoms. The summed E-state index contributed by atoms with van der Waals surface area (Å²) in [5.74, 6) is -0.136. The molecule has 0 radical (unpaired) electrons. The molecule has 0 heterocycles. The van der Waals surface area contributed by atoms with Gasteiger partial charge in [0.1, 0.15) is 10.7 Å². The molecule has 0 bridgehead atoms. The molecule has 0 fully saturated rings. The van der Waals surface area contributed by atoms with Crippen LogP contribution < -0.4 is 5.73 Å². The highest BCUT2D eigenvalue weighted by atomic mass is 79.9. The number of hydrogen-bond acceptors (Lipinski definition) is 4. The van der Waals surface area contributed by atoms with Gasteiger partial charge < -0.3 is 10.8 Å². The number of hydrogen-bond donors (Lipinski definition) is 3. The normalized spacial score (nSPS) is 10.6. The first-order valence-electron chi connectivity index (χ1n) is 3.39. The number of phenolic OH excluding ortho intramolecular Hbond substituents is 1. The Hall–Kier alpha value is -0.750. The molecule has 0 amide bonds. The second-order valence-electron chi connectivity index (χ2n) is 2.51. The van der Waals surface area contributed by atoms with E-state index in [1.54, 1.807) is 0 Å². The number of benzene rings is 1. The van der Waals surface area contributed by atoms with Crippen molar-refractivity contribution in [2.24, 2.45) is 0 Å². The van der Waals surface area contributed by atoms with Crippen molar-refractivity contribution in [3.63, 3.8) is 0 Å². The van der Waals surface area contributed by atoms with Crippen molar-refractivity contribution in [2.75, 3.05) is 5.73 Å². The van der Waals surface area contributed by atoms with Gasteiger partial charge in [-0.05, 0) is 33.6 Å². The Labute approximate surface area is 85.5 Å². The molecule has 0 unspecified atom stereocenters. The van der Waals surface area contributed by atoms with Crippen LogP contribution in [0.3, 0.4) is 0 Å². The second-order valence-corrected chi connectivity index (χ2v) is 4.34. The Morgan fingerprint density at radius 1 is 1.46 bits per heavy atom. The highest BCUT2D eigenvalue weighted by Crippen LogP contribution is 2.31. The van der Waals surface area contributed by atoms with Crippen molar-refractivity contribution in [1.29, 1.82) is 0 Å². The number of halogens is 1. The van der Waals surface area contributed by atoms with Gasteiger partial charge in [-0.3, -0.25) is 0 Å². The maximum atomic E-state index is 10.4. The summed E-state index contributed by atoms with van der Waals surface area (Å²) < 4.78 is 21.2. The Kier molecular flexibility index (Phi) is 3.16. The van der Waals surface area contributed by atoms with Gasteiger partial charge >= 0.3 is 0 Å². The minimum Gasteiger partial charge on any atom is -0.505 e. The van der Waals surface area contributed by atoms with Gasteiger partial charge in [-0.15, -0.1) is 0 Å². The molecule has 0 atom stereocenters. The molecule has 0 saturated carbocycles. The van der Waals surface area contributed by atoms with Gasteiger partial charge in [0.15, 0.2) is 5.75 Å². The lowest BCUT2D eigenvalue weighted by atomic mass is 10.2. The quantitative estimate of drug-likeness (QED) is 0.421. The minimum absolute atomic E-state index is 0.0649. The highest BCUT2D eigenvalue weighted by molar-refractivity contribution is 9.10. The summed E-state index contributed by atoms with van der Waals surface area (Å²) in [6.07, 6.45) is 0. The van der Waals surface area contributed by atoms with Gasteiger partial charge in [0, 0.05) is 0 Å². The number of thiol groups is 1. The summed E-state index contributed by atoms with van der Waals surface area (Å²) in [5.41, 5.74) is 6.14. The molecule has 0 aliphatic heterocycles. The van der Waals surface area contributed by atoms with E-state index in [1.807, 2.05) is 0 Å². The lowest BCUT2D eigenvalue weighted by Crippen LogP contribution is -1.92. The van der Waals surface area contributed by atoms with Crippen LogP contribution in [0.1, 0.15) is 5.56 Å². The number of nitrogen functional groups attached to an aromatic ring is 1. The van der Waals surface area contributed by atoms with Crippen LogP contribution in [-0.2, 0) is 16.5 Å². The third-order valence-electron chi connectivity index (χ3n) is 1.46. The third kappa shape index (κ3) is 2.60. The zero-order valence-corrected chi connectivity index (χ0v) is 9.01. The maximum Gasteiger partial charge on any atom is 0.152 e. The van der Waals surface area contributed by atoms with E-state index in [4.69, 9.17) is 5.73 Å². The van der Waals surface area contributed by atoms with Crippen molar-refractivity contribution < 1.29 is 13.5 Å². The van der Waals surface area contributed by atoms with Crippen molar-refractivity contribution >= 4 is 32.3 Å². The minimum atomic E-state index is -2.47. The van der Waals surface area contributed by atoms with Crippen LogP contribution in [0.2, 0.25) is 0 Å². The summed E-state index contributed by atoms with van der Waals surface area (Å²) in [7, 11) is -2.47. The molecular weight excluding hydrogens is 258 g/mol. The highest BCUT2D eigenvalue weighted by Gasteiger charge is 2.05. The SMILES string of the molecule is Nc1cc(C[SH](=O)=O)cc(Br)c1O. The first-order valence-corrected chi connectivity index (χ1v) is 5.55. The lowest BCUT2D eigenvalue weighted by Gasteiger charge is -2.03. The fourth-order valence-electron chi connectivity index (χ4n) is 0.919. The van der Waals surface area contributed by atoms with Gasteiger partial charge in [0.25, 0.3) is 0 Å². The van der Waals surface area contributed by atoms with E-state index in [1.165, 1.54) is 12.1 Å². The fourth-order valence-corrected chi connectivity index (χ4v) is 1.92. The number of rotatable bonds is 2. The molecule has 0 aliphatic carbocycles. The van der Waals surface area contributed by atoms with E-state index in [0.717, 1.165) is 0 Å². The summed E-state index contributed by atoms with van der Waals surface area (Å²) in [4.78, 5) is 0. The summed E-state index contributed by atoms with van der Waals surface area (Å²) in [6.45, 7) is 0. The fraction of sp³-hybridized carbons (Fsp3) is 0.143. The van der Waals surface area contributed by atoms with E-state index in [0.29, 0.717) is 10.0 Å². The van der Waals surface area contributed by atoms with E-state index >= 15 is 0 Å². The number of phenols is 1. The molecule has 0 saturated heterocycles. The van der Waals surface area contributed by atoms with Crippen LogP contribution in [-0.4, -0.2) is 13.5 Å². The van der Waals surface area contributed by atoms with E-state index in [9.17, 15) is 13.5 Å². The predicted molar refractivity (Wildman–Crippen MR) is 54.2 cm³/mol. The Bertz CT molecular complexity index is 372. The first kappa shape index (κ1) is 10.3. The molecule has 13 heavy (non-hydrogen) atoms. The second kappa shape index (κ2) is 3.97. The van der Waals surface area contributed by atoms with E-state index in [-0.39, 0.29) is 17.2 Å². The summed E-state index contributed by atoms with van der Waals surface area (Å²) in [6, 6.07) is 2.96. The van der Waals surface area contributed by atoms with Crippen molar-refractivity contribution in [3.8, 4) is 5.75 Å². The number of anilines is 1. The summed E-state index contributed by atoms with van der Waals surface area (Å²) >= 11 is 3.06.